The number of hydrogen-bond acceptors (Lipinski definition) is 5. The highest BCUT2D eigenvalue weighted by Crippen LogP contribution is 2.32. The summed E-state index contributed by atoms with van der Waals surface area (Å²) in [6.07, 6.45) is 5.64. The molecule has 1 aliphatic heterocycles. The van der Waals surface area contributed by atoms with Crippen LogP contribution in [0, 0.1) is 6.92 Å². The molecule has 27 heavy (non-hydrogen) atoms. The van der Waals surface area contributed by atoms with Crippen LogP contribution in [0.5, 0.6) is 0 Å². The number of aryl methyl sites for hydroxylation is 1. The molecule has 1 fully saturated rings. The SMILES string of the molecule is Cc1ccc(NC(=O)c2cccc([C@H]3CCCN3Cc3ccn[nH]3)n2)nc1. The van der Waals surface area contributed by atoms with Gasteiger partial charge in [0.25, 0.3) is 5.91 Å². The van der Waals surface area contributed by atoms with Crippen LogP contribution < -0.4 is 5.32 Å². The van der Waals surface area contributed by atoms with E-state index in [9.17, 15) is 4.79 Å². The number of rotatable bonds is 5. The minimum Gasteiger partial charge on any atom is -0.305 e. The fraction of sp³-hybridized carbons (Fsp3) is 0.300. The predicted octanol–water partition coefficient (Wildman–Crippen LogP) is 3.10. The van der Waals surface area contributed by atoms with Gasteiger partial charge in [0.2, 0.25) is 0 Å². The van der Waals surface area contributed by atoms with E-state index in [-0.39, 0.29) is 11.9 Å². The first kappa shape index (κ1) is 17.4. The van der Waals surface area contributed by atoms with Crippen LogP contribution in [0.1, 0.15) is 46.3 Å². The maximum Gasteiger partial charge on any atom is 0.275 e. The number of nitrogens with one attached hydrogen (secondary N) is 2. The van der Waals surface area contributed by atoms with Crippen molar-refractivity contribution in [2.24, 2.45) is 0 Å². The molecule has 4 heterocycles. The van der Waals surface area contributed by atoms with E-state index in [0.29, 0.717) is 11.5 Å². The number of carbonyl (C=O) groups excluding carboxylic acids is 1. The van der Waals surface area contributed by atoms with Crippen molar-refractivity contribution in [1.82, 2.24) is 25.1 Å². The molecule has 7 heteroatoms. The number of carbonyl (C=O) groups is 1. The second-order valence-corrected chi connectivity index (χ2v) is 6.83. The van der Waals surface area contributed by atoms with Crippen LogP contribution in [0.25, 0.3) is 0 Å². The van der Waals surface area contributed by atoms with Crippen LogP contribution in [-0.2, 0) is 6.54 Å². The summed E-state index contributed by atoms with van der Waals surface area (Å²) in [7, 11) is 0. The minimum absolute atomic E-state index is 0.207. The number of aromatic nitrogens is 4. The molecule has 0 spiro atoms. The summed E-state index contributed by atoms with van der Waals surface area (Å²) in [5.74, 6) is 0.283. The van der Waals surface area contributed by atoms with Gasteiger partial charge in [-0.2, -0.15) is 5.10 Å². The number of hydrogen-bond donors (Lipinski definition) is 2. The lowest BCUT2D eigenvalue weighted by Crippen LogP contribution is -2.24. The van der Waals surface area contributed by atoms with Gasteiger partial charge in [-0.05, 0) is 56.1 Å². The molecule has 4 rings (SSSR count). The number of H-pyrrole nitrogens is 1. The third kappa shape index (κ3) is 4.03. The number of anilines is 1. The van der Waals surface area contributed by atoms with Crippen LogP contribution in [0.2, 0.25) is 0 Å². The zero-order valence-corrected chi connectivity index (χ0v) is 15.2. The first-order valence-electron chi connectivity index (χ1n) is 9.12. The Morgan fingerprint density at radius 3 is 3.00 bits per heavy atom. The number of nitrogens with zero attached hydrogens (tertiary/aromatic N) is 4. The Hall–Kier alpha value is -3.06. The molecule has 138 valence electrons. The van der Waals surface area contributed by atoms with Crippen molar-refractivity contribution in [2.75, 3.05) is 11.9 Å². The lowest BCUT2D eigenvalue weighted by molar-refractivity contribution is 0.102. The van der Waals surface area contributed by atoms with Gasteiger partial charge in [0.15, 0.2) is 0 Å². The molecule has 0 unspecified atom stereocenters. The molecular weight excluding hydrogens is 340 g/mol. The molecule has 0 bridgehead atoms. The Morgan fingerprint density at radius 2 is 2.22 bits per heavy atom. The summed E-state index contributed by atoms with van der Waals surface area (Å²) >= 11 is 0. The third-order valence-electron chi connectivity index (χ3n) is 4.79. The van der Waals surface area contributed by atoms with Gasteiger partial charge in [-0.15, -0.1) is 0 Å². The topological polar surface area (TPSA) is 86.8 Å². The molecule has 1 atom stereocenters. The molecule has 3 aromatic heterocycles. The van der Waals surface area contributed by atoms with Crippen molar-refractivity contribution in [3.05, 3.63) is 71.4 Å². The molecule has 0 aliphatic carbocycles. The number of amides is 1. The standard InChI is InChI=1S/C20H22N6O/c1-14-7-8-19(21-12-14)24-20(27)17-5-2-4-16(23-17)18-6-3-11-26(18)13-15-9-10-22-25-15/h2,4-5,7-10,12,18H,3,6,11,13H2,1H3,(H,22,25)(H,21,24,27)/t18-/m1/s1. The zero-order chi connectivity index (χ0) is 18.6. The van der Waals surface area contributed by atoms with Crippen LogP contribution in [0.15, 0.2) is 48.8 Å². The minimum atomic E-state index is -0.244. The quantitative estimate of drug-likeness (QED) is 0.728. The summed E-state index contributed by atoms with van der Waals surface area (Å²) in [5.41, 5.74) is 3.47. The van der Waals surface area contributed by atoms with E-state index < -0.39 is 0 Å². The molecular formula is C20H22N6O. The predicted molar refractivity (Wildman–Crippen MR) is 102 cm³/mol. The van der Waals surface area contributed by atoms with Gasteiger partial charge >= 0.3 is 0 Å². The van der Waals surface area contributed by atoms with Gasteiger partial charge < -0.3 is 5.32 Å². The van der Waals surface area contributed by atoms with Crippen molar-refractivity contribution < 1.29 is 4.79 Å². The highest BCUT2D eigenvalue weighted by atomic mass is 16.1. The maximum absolute atomic E-state index is 12.6. The summed E-state index contributed by atoms with van der Waals surface area (Å²) in [4.78, 5) is 23.8. The molecule has 0 radical (unpaired) electrons. The third-order valence-corrected chi connectivity index (χ3v) is 4.79. The largest absolute Gasteiger partial charge is 0.305 e. The van der Waals surface area contributed by atoms with Gasteiger partial charge in [-0.1, -0.05) is 12.1 Å². The van der Waals surface area contributed by atoms with E-state index in [1.54, 1.807) is 24.5 Å². The van der Waals surface area contributed by atoms with Gasteiger partial charge in [-0.25, -0.2) is 9.97 Å². The molecule has 1 amide bonds. The summed E-state index contributed by atoms with van der Waals surface area (Å²) < 4.78 is 0. The van der Waals surface area contributed by atoms with Crippen molar-refractivity contribution in [1.29, 1.82) is 0 Å². The first-order valence-corrected chi connectivity index (χ1v) is 9.12. The average Bonchev–Trinajstić information content (AvgIpc) is 3.36. The zero-order valence-electron chi connectivity index (χ0n) is 15.2. The molecule has 1 aliphatic rings. The van der Waals surface area contributed by atoms with Crippen molar-refractivity contribution in [2.45, 2.75) is 32.4 Å². The Labute approximate surface area is 157 Å². The fourth-order valence-electron chi connectivity index (χ4n) is 3.43. The summed E-state index contributed by atoms with van der Waals surface area (Å²) in [6, 6.07) is 11.5. The second kappa shape index (κ2) is 7.67. The van der Waals surface area contributed by atoms with E-state index in [1.807, 2.05) is 31.2 Å². The van der Waals surface area contributed by atoms with Gasteiger partial charge in [0.05, 0.1) is 11.7 Å². The molecule has 0 aromatic carbocycles. The normalized spacial score (nSPS) is 17.1. The lowest BCUT2D eigenvalue weighted by atomic mass is 10.1. The smallest absolute Gasteiger partial charge is 0.275 e. The molecule has 3 aromatic rings. The van der Waals surface area contributed by atoms with Crippen molar-refractivity contribution >= 4 is 11.7 Å². The van der Waals surface area contributed by atoms with E-state index in [2.05, 4.69) is 30.4 Å². The highest BCUT2D eigenvalue weighted by molar-refractivity contribution is 6.02. The Bertz CT molecular complexity index is 906. The molecule has 2 N–H and O–H groups in total. The van der Waals surface area contributed by atoms with E-state index in [0.717, 1.165) is 42.9 Å². The lowest BCUT2D eigenvalue weighted by Gasteiger charge is -2.23. The molecule has 1 saturated heterocycles. The second-order valence-electron chi connectivity index (χ2n) is 6.83. The van der Waals surface area contributed by atoms with Crippen molar-refractivity contribution in [3.63, 3.8) is 0 Å². The van der Waals surface area contributed by atoms with Crippen LogP contribution >= 0.6 is 0 Å². The van der Waals surface area contributed by atoms with Crippen molar-refractivity contribution in [3.8, 4) is 0 Å². The Balaban J connectivity index is 1.49. The van der Waals surface area contributed by atoms with E-state index in [4.69, 9.17) is 0 Å². The Morgan fingerprint density at radius 1 is 1.30 bits per heavy atom. The molecule has 7 nitrogen and oxygen atoms in total. The highest BCUT2D eigenvalue weighted by Gasteiger charge is 2.27. The number of likely N-dealkylation sites (tertiary alicyclic amines) is 1. The monoisotopic (exact) mass is 362 g/mol. The molecule has 0 saturated carbocycles. The van der Waals surface area contributed by atoms with Crippen LogP contribution in [0.3, 0.4) is 0 Å². The average molecular weight is 362 g/mol. The van der Waals surface area contributed by atoms with E-state index >= 15 is 0 Å². The summed E-state index contributed by atoms with van der Waals surface area (Å²) in [6.45, 7) is 3.77. The van der Waals surface area contributed by atoms with E-state index in [1.165, 1.54) is 0 Å². The maximum atomic E-state index is 12.6. The number of pyridine rings is 2. The van der Waals surface area contributed by atoms with Gasteiger partial charge in [0.1, 0.15) is 11.5 Å². The fourth-order valence-corrected chi connectivity index (χ4v) is 3.43. The number of aromatic amines is 1. The van der Waals surface area contributed by atoms with Gasteiger partial charge in [-0.3, -0.25) is 14.8 Å². The first-order chi connectivity index (χ1) is 13.2. The summed E-state index contributed by atoms with van der Waals surface area (Å²) in [5, 5.41) is 9.84. The van der Waals surface area contributed by atoms with Crippen LogP contribution in [0.4, 0.5) is 5.82 Å². The van der Waals surface area contributed by atoms with Crippen LogP contribution in [-0.4, -0.2) is 37.5 Å². The van der Waals surface area contributed by atoms with Gasteiger partial charge in [0, 0.05) is 24.6 Å². The Kier molecular flexibility index (Phi) is 4.93.